The third-order valence-electron chi connectivity index (χ3n) is 3.92. The van der Waals surface area contributed by atoms with Gasteiger partial charge < -0.3 is 10.6 Å². The van der Waals surface area contributed by atoms with E-state index in [1.54, 1.807) is 12.1 Å². The molecule has 1 amide bonds. The maximum atomic E-state index is 13.4. The van der Waals surface area contributed by atoms with Crippen molar-refractivity contribution in [2.45, 2.75) is 38.1 Å². The molecule has 0 spiro atoms. The number of hydrogen-bond donors (Lipinski definition) is 2. The summed E-state index contributed by atoms with van der Waals surface area (Å²) in [5.74, 6) is -0.162. The largest absolute Gasteiger partial charge is 0.354 e. The third-order valence-corrected chi connectivity index (χ3v) is 3.92. The minimum Gasteiger partial charge on any atom is -0.354 e. The zero-order valence-electron chi connectivity index (χ0n) is 11.3. The lowest BCUT2D eigenvalue weighted by molar-refractivity contribution is -0.127. The van der Waals surface area contributed by atoms with Gasteiger partial charge in [0.1, 0.15) is 5.82 Å². The van der Waals surface area contributed by atoms with Crippen LogP contribution >= 0.6 is 0 Å². The summed E-state index contributed by atoms with van der Waals surface area (Å²) in [5, 5.41) is 6.22. The van der Waals surface area contributed by atoms with Gasteiger partial charge in [0.05, 0.1) is 5.54 Å². The molecule has 1 aromatic carbocycles. The van der Waals surface area contributed by atoms with Crippen LogP contribution < -0.4 is 10.6 Å². The lowest BCUT2D eigenvalue weighted by atomic mass is 9.93. The molecule has 104 valence electrons. The highest BCUT2D eigenvalue weighted by Gasteiger charge is 2.38. The molecule has 1 heterocycles. The molecule has 1 aromatic rings. The number of halogens is 1. The molecule has 3 nitrogen and oxygen atoms in total. The molecule has 19 heavy (non-hydrogen) atoms. The molecule has 0 aliphatic carbocycles. The SMILES string of the molecule is CCC1(C(=O)NCCc2ccccc2F)CCCN1. The van der Waals surface area contributed by atoms with E-state index in [1.165, 1.54) is 6.07 Å². The molecule has 1 saturated heterocycles. The Morgan fingerprint density at radius 2 is 2.26 bits per heavy atom. The van der Waals surface area contributed by atoms with Crippen LogP contribution in [0.25, 0.3) is 0 Å². The van der Waals surface area contributed by atoms with E-state index in [4.69, 9.17) is 0 Å². The summed E-state index contributed by atoms with van der Waals surface area (Å²) < 4.78 is 13.4. The highest BCUT2D eigenvalue weighted by atomic mass is 19.1. The zero-order chi connectivity index (χ0) is 13.7. The average Bonchev–Trinajstić information content (AvgIpc) is 2.91. The van der Waals surface area contributed by atoms with Crippen molar-refractivity contribution in [2.75, 3.05) is 13.1 Å². The van der Waals surface area contributed by atoms with Crippen LogP contribution in [0.2, 0.25) is 0 Å². The minimum absolute atomic E-state index is 0.0452. The van der Waals surface area contributed by atoms with Gasteiger partial charge in [0, 0.05) is 6.54 Å². The number of rotatable bonds is 5. The number of carbonyl (C=O) groups excluding carboxylic acids is 1. The first-order chi connectivity index (χ1) is 9.18. The zero-order valence-corrected chi connectivity index (χ0v) is 11.3. The van der Waals surface area contributed by atoms with Gasteiger partial charge in [-0.3, -0.25) is 4.79 Å². The molecule has 0 radical (unpaired) electrons. The smallest absolute Gasteiger partial charge is 0.240 e. The van der Waals surface area contributed by atoms with E-state index >= 15 is 0 Å². The maximum absolute atomic E-state index is 13.4. The number of carbonyl (C=O) groups is 1. The molecule has 1 aliphatic heterocycles. The number of amides is 1. The summed E-state index contributed by atoms with van der Waals surface area (Å²) in [6, 6.07) is 6.69. The van der Waals surface area contributed by atoms with Crippen LogP contribution in [0.15, 0.2) is 24.3 Å². The standard InChI is InChI=1S/C15H21FN2O/c1-2-15(9-5-10-18-15)14(19)17-11-8-12-6-3-4-7-13(12)16/h3-4,6-7,18H,2,5,8-11H2,1H3,(H,17,19). The fraction of sp³-hybridized carbons (Fsp3) is 0.533. The molecule has 4 heteroatoms. The van der Waals surface area contributed by atoms with Crippen molar-refractivity contribution >= 4 is 5.91 Å². The molecule has 2 rings (SSSR count). The van der Waals surface area contributed by atoms with E-state index in [0.29, 0.717) is 18.5 Å². The van der Waals surface area contributed by atoms with Crippen molar-refractivity contribution in [1.82, 2.24) is 10.6 Å². The summed E-state index contributed by atoms with van der Waals surface area (Å²) in [5.41, 5.74) is 0.239. The molecule has 0 aromatic heterocycles. The lowest BCUT2D eigenvalue weighted by Gasteiger charge is -2.26. The monoisotopic (exact) mass is 264 g/mol. The minimum atomic E-state index is -0.408. The maximum Gasteiger partial charge on any atom is 0.240 e. The van der Waals surface area contributed by atoms with E-state index in [0.717, 1.165) is 25.8 Å². The summed E-state index contributed by atoms with van der Waals surface area (Å²) in [6.45, 7) is 3.40. The number of benzene rings is 1. The van der Waals surface area contributed by atoms with Crippen LogP contribution in [0.4, 0.5) is 4.39 Å². The fourth-order valence-electron chi connectivity index (χ4n) is 2.64. The Morgan fingerprint density at radius 1 is 1.47 bits per heavy atom. The molecular weight excluding hydrogens is 243 g/mol. The Labute approximate surface area is 113 Å². The van der Waals surface area contributed by atoms with E-state index < -0.39 is 5.54 Å². The van der Waals surface area contributed by atoms with Crippen LogP contribution in [0.5, 0.6) is 0 Å². The van der Waals surface area contributed by atoms with Crippen LogP contribution in [-0.4, -0.2) is 24.5 Å². The van der Waals surface area contributed by atoms with Crippen LogP contribution in [0, 0.1) is 5.82 Å². The van der Waals surface area contributed by atoms with Gasteiger partial charge in [0.25, 0.3) is 0 Å². The van der Waals surface area contributed by atoms with Gasteiger partial charge in [0.2, 0.25) is 5.91 Å². The normalized spacial score (nSPS) is 22.4. The van der Waals surface area contributed by atoms with Crippen molar-refractivity contribution < 1.29 is 9.18 Å². The molecule has 1 unspecified atom stereocenters. The van der Waals surface area contributed by atoms with E-state index in [2.05, 4.69) is 10.6 Å². The third kappa shape index (κ3) is 3.13. The van der Waals surface area contributed by atoms with Gasteiger partial charge >= 0.3 is 0 Å². The number of nitrogens with one attached hydrogen (secondary N) is 2. The first-order valence-corrected chi connectivity index (χ1v) is 6.95. The Balaban J connectivity index is 1.86. The van der Waals surface area contributed by atoms with Crippen LogP contribution in [0.3, 0.4) is 0 Å². The molecule has 1 fully saturated rings. The average molecular weight is 264 g/mol. The van der Waals surface area contributed by atoms with Gasteiger partial charge in [-0.15, -0.1) is 0 Å². The fourth-order valence-corrected chi connectivity index (χ4v) is 2.64. The van der Waals surface area contributed by atoms with Gasteiger partial charge in [-0.1, -0.05) is 25.1 Å². The second-order valence-electron chi connectivity index (χ2n) is 5.06. The number of hydrogen-bond acceptors (Lipinski definition) is 2. The van der Waals surface area contributed by atoms with E-state index in [-0.39, 0.29) is 11.7 Å². The van der Waals surface area contributed by atoms with Gasteiger partial charge in [0.15, 0.2) is 0 Å². The first kappa shape index (κ1) is 14.0. The molecule has 0 saturated carbocycles. The van der Waals surface area contributed by atoms with Crippen molar-refractivity contribution in [3.05, 3.63) is 35.6 Å². The van der Waals surface area contributed by atoms with Gasteiger partial charge in [-0.25, -0.2) is 4.39 Å². The van der Waals surface area contributed by atoms with Gasteiger partial charge in [-0.05, 0) is 43.9 Å². The summed E-state index contributed by atoms with van der Waals surface area (Å²) in [4.78, 5) is 12.2. The molecular formula is C15H21FN2O. The Kier molecular flexibility index (Phi) is 4.53. The predicted octanol–water partition coefficient (Wildman–Crippen LogP) is 2.02. The van der Waals surface area contributed by atoms with Crippen molar-refractivity contribution in [1.29, 1.82) is 0 Å². The topological polar surface area (TPSA) is 41.1 Å². The highest BCUT2D eigenvalue weighted by molar-refractivity contribution is 5.86. The second-order valence-corrected chi connectivity index (χ2v) is 5.06. The van der Waals surface area contributed by atoms with Gasteiger partial charge in [-0.2, -0.15) is 0 Å². The van der Waals surface area contributed by atoms with Crippen molar-refractivity contribution in [3.63, 3.8) is 0 Å². The second kappa shape index (κ2) is 6.15. The summed E-state index contributed by atoms with van der Waals surface area (Å²) >= 11 is 0. The lowest BCUT2D eigenvalue weighted by Crippen LogP contribution is -2.53. The van der Waals surface area contributed by atoms with Crippen molar-refractivity contribution in [2.24, 2.45) is 0 Å². The van der Waals surface area contributed by atoms with Crippen LogP contribution in [-0.2, 0) is 11.2 Å². The Morgan fingerprint density at radius 3 is 2.89 bits per heavy atom. The molecule has 1 aliphatic rings. The molecule has 1 atom stereocenters. The quantitative estimate of drug-likeness (QED) is 0.854. The molecule has 0 bridgehead atoms. The predicted molar refractivity (Wildman–Crippen MR) is 73.4 cm³/mol. The van der Waals surface area contributed by atoms with E-state index in [9.17, 15) is 9.18 Å². The Hall–Kier alpha value is -1.42. The van der Waals surface area contributed by atoms with E-state index in [1.807, 2.05) is 13.0 Å². The van der Waals surface area contributed by atoms with Crippen molar-refractivity contribution in [3.8, 4) is 0 Å². The summed E-state index contributed by atoms with van der Waals surface area (Å²) in [6.07, 6.45) is 3.24. The highest BCUT2D eigenvalue weighted by Crippen LogP contribution is 2.22. The van der Waals surface area contributed by atoms with Crippen LogP contribution in [0.1, 0.15) is 31.7 Å². The molecule has 2 N–H and O–H groups in total. The first-order valence-electron chi connectivity index (χ1n) is 6.95. The summed E-state index contributed by atoms with van der Waals surface area (Å²) in [7, 11) is 0. The Bertz CT molecular complexity index is 442.